The summed E-state index contributed by atoms with van der Waals surface area (Å²) in [7, 11) is -3.12. The van der Waals surface area contributed by atoms with Crippen molar-refractivity contribution >= 4 is 9.84 Å². The number of rotatable bonds is 7. The Labute approximate surface area is 116 Å². The first-order valence-corrected chi connectivity index (χ1v) is 8.51. The van der Waals surface area contributed by atoms with Gasteiger partial charge in [-0.3, -0.25) is 0 Å². The molecule has 0 aromatic heterocycles. The molecule has 1 rings (SSSR count). The number of para-hydroxylation sites is 1. The van der Waals surface area contributed by atoms with Crippen molar-refractivity contribution in [2.45, 2.75) is 32.1 Å². The van der Waals surface area contributed by atoms with Crippen molar-refractivity contribution < 1.29 is 13.2 Å². The van der Waals surface area contributed by atoms with Gasteiger partial charge in [-0.15, -0.1) is 0 Å². The Hall–Kier alpha value is -1.07. The van der Waals surface area contributed by atoms with Crippen molar-refractivity contribution in [2.75, 3.05) is 19.4 Å². The predicted molar refractivity (Wildman–Crippen MR) is 78.3 cm³/mol. The Kier molecular flexibility index (Phi) is 5.82. The van der Waals surface area contributed by atoms with Gasteiger partial charge in [0.05, 0.1) is 17.9 Å². The fourth-order valence-corrected chi connectivity index (χ4v) is 2.76. The van der Waals surface area contributed by atoms with Crippen LogP contribution in [-0.2, 0) is 9.84 Å². The highest BCUT2D eigenvalue weighted by Crippen LogP contribution is 2.29. The van der Waals surface area contributed by atoms with Gasteiger partial charge in [0.25, 0.3) is 0 Å². The highest BCUT2D eigenvalue weighted by molar-refractivity contribution is 7.91. The van der Waals surface area contributed by atoms with Crippen LogP contribution in [0, 0.1) is 0 Å². The fourth-order valence-electron chi connectivity index (χ4n) is 2.02. The van der Waals surface area contributed by atoms with E-state index in [1.165, 1.54) is 6.26 Å². The van der Waals surface area contributed by atoms with Gasteiger partial charge in [0, 0.05) is 11.8 Å². The smallest absolute Gasteiger partial charge is 0.151 e. The first-order valence-electron chi connectivity index (χ1n) is 6.55. The van der Waals surface area contributed by atoms with Crippen LogP contribution in [0.4, 0.5) is 0 Å². The first-order chi connectivity index (χ1) is 8.91. The van der Waals surface area contributed by atoms with Crippen LogP contribution in [0.3, 0.4) is 0 Å². The first kappa shape index (κ1) is 16.0. The highest BCUT2D eigenvalue weighted by Gasteiger charge is 2.28. The largest absolute Gasteiger partial charge is 0.494 e. The number of hydrogen-bond donors (Lipinski definition) is 1. The van der Waals surface area contributed by atoms with Crippen molar-refractivity contribution in [3.05, 3.63) is 29.8 Å². The van der Waals surface area contributed by atoms with Crippen LogP contribution >= 0.6 is 0 Å². The normalized spacial score (nSPS) is 14.9. The summed E-state index contributed by atoms with van der Waals surface area (Å²) in [5.74, 6) is 0.742. The molecule has 108 valence electrons. The molecule has 1 aromatic rings. The molecule has 0 amide bonds. The number of sulfone groups is 1. The molecule has 0 bridgehead atoms. The minimum atomic E-state index is -3.12. The second-order valence-corrected chi connectivity index (χ2v) is 6.94. The summed E-state index contributed by atoms with van der Waals surface area (Å²) >= 11 is 0. The second kappa shape index (κ2) is 6.91. The maximum Gasteiger partial charge on any atom is 0.151 e. The number of benzene rings is 1. The van der Waals surface area contributed by atoms with Crippen LogP contribution in [0.2, 0.25) is 0 Å². The predicted octanol–water partition coefficient (Wildman–Crippen LogP) is 2.17. The molecule has 0 aliphatic heterocycles. The zero-order valence-corrected chi connectivity index (χ0v) is 12.8. The Morgan fingerprint density at radius 3 is 2.42 bits per heavy atom. The molecule has 1 aromatic carbocycles. The van der Waals surface area contributed by atoms with E-state index in [0.717, 1.165) is 11.3 Å². The number of hydrogen-bond acceptors (Lipinski definition) is 4. The van der Waals surface area contributed by atoms with Gasteiger partial charge in [-0.1, -0.05) is 25.1 Å². The van der Waals surface area contributed by atoms with Crippen molar-refractivity contribution in [3.63, 3.8) is 0 Å². The van der Waals surface area contributed by atoms with E-state index >= 15 is 0 Å². The van der Waals surface area contributed by atoms with E-state index in [-0.39, 0.29) is 6.04 Å². The van der Waals surface area contributed by atoms with Gasteiger partial charge in [-0.25, -0.2) is 8.42 Å². The highest BCUT2D eigenvalue weighted by atomic mass is 32.2. The van der Waals surface area contributed by atoms with Crippen molar-refractivity contribution in [3.8, 4) is 5.75 Å². The van der Waals surface area contributed by atoms with E-state index in [9.17, 15) is 8.42 Å². The monoisotopic (exact) mass is 285 g/mol. The molecular formula is C14H23NO3S. The molecule has 0 aliphatic carbocycles. The quantitative estimate of drug-likeness (QED) is 0.834. The minimum Gasteiger partial charge on any atom is -0.494 e. The van der Waals surface area contributed by atoms with Gasteiger partial charge >= 0.3 is 0 Å². The fraction of sp³-hybridized carbons (Fsp3) is 0.571. The van der Waals surface area contributed by atoms with Crippen LogP contribution in [-0.4, -0.2) is 33.1 Å². The third-order valence-corrected chi connectivity index (χ3v) is 4.75. The molecule has 0 aliphatic rings. The summed E-state index contributed by atoms with van der Waals surface area (Å²) in [4.78, 5) is 0. The Bertz CT molecular complexity index is 499. The van der Waals surface area contributed by atoms with Gasteiger partial charge in [0.1, 0.15) is 5.75 Å². The average Bonchev–Trinajstić information content (AvgIpc) is 2.35. The summed E-state index contributed by atoms with van der Waals surface area (Å²) in [5.41, 5.74) is 0.893. The summed E-state index contributed by atoms with van der Waals surface area (Å²) < 4.78 is 29.2. The Morgan fingerprint density at radius 1 is 1.26 bits per heavy atom. The van der Waals surface area contributed by atoms with Crippen LogP contribution in [0.25, 0.3) is 0 Å². The molecule has 2 atom stereocenters. The average molecular weight is 285 g/mol. The molecule has 1 N–H and O–H groups in total. The molecule has 0 saturated heterocycles. The molecule has 0 heterocycles. The van der Waals surface area contributed by atoms with E-state index in [1.54, 1.807) is 6.92 Å². The summed E-state index contributed by atoms with van der Waals surface area (Å²) in [6.45, 7) is 6.86. The molecule has 4 nitrogen and oxygen atoms in total. The third kappa shape index (κ3) is 4.21. The van der Waals surface area contributed by atoms with Crippen LogP contribution in [0.5, 0.6) is 5.75 Å². The summed E-state index contributed by atoms with van der Waals surface area (Å²) in [6, 6.07) is 7.32. The molecular weight excluding hydrogens is 262 g/mol. The molecule has 0 spiro atoms. The van der Waals surface area contributed by atoms with E-state index in [1.807, 2.05) is 38.1 Å². The Morgan fingerprint density at radius 2 is 1.89 bits per heavy atom. The van der Waals surface area contributed by atoms with Crippen molar-refractivity contribution in [1.29, 1.82) is 0 Å². The lowest BCUT2D eigenvalue weighted by atomic mass is 10.0. The molecule has 19 heavy (non-hydrogen) atoms. The van der Waals surface area contributed by atoms with Crippen LogP contribution in [0.1, 0.15) is 32.4 Å². The Balaban J connectivity index is 3.19. The van der Waals surface area contributed by atoms with Gasteiger partial charge in [-0.2, -0.15) is 0 Å². The zero-order chi connectivity index (χ0) is 14.5. The maximum absolute atomic E-state index is 11.8. The van der Waals surface area contributed by atoms with Crippen LogP contribution in [0.15, 0.2) is 24.3 Å². The van der Waals surface area contributed by atoms with Crippen molar-refractivity contribution in [1.82, 2.24) is 5.32 Å². The van der Waals surface area contributed by atoms with Gasteiger partial charge < -0.3 is 10.1 Å². The topological polar surface area (TPSA) is 55.4 Å². The minimum absolute atomic E-state index is 0.261. The standard InChI is InChI=1S/C14H23NO3S/c1-5-15-14(11(3)19(4,16)17)12-9-7-8-10-13(12)18-6-2/h7-11,14-15H,5-6H2,1-4H3. The molecule has 0 fully saturated rings. The zero-order valence-electron chi connectivity index (χ0n) is 12.0. The van der Waals surface area contributed by atoms with Crippen LogP contribution < -0.4 is 10.1 Å². The maximum atomic E-state index is 11.8. The van der Waals surface area contributed by atoms with E-state index in [2.05, 4.69) is 5.32 Å². The molecule has 2 unspecified atom stereocenters. The lowest BCUT2D eigenvalue weighted by Crippen LogP contribution is -2.35. The van der Waals surface area contributed by atoms with Crippen molar-refractivity contribution in [2.24, 2.45) is 0 Å². The second-order valence-electron chi connectivity index (χ2n) is 4.54. The lowest BCUT2D eigenvalue weighted by molar-refractivity contribution is 0.331. The number of ether oxygens (including phenoxy) is 1. The van der Waals surface area contributed by atoms with Gasteiger partial charge in [0.2, 0.25) is 0 Å². The lowest BCUT2D eigenvalue weighted by Gasteiger charge is -2.25. The number of nitrogens with one attached hydrogen (secondary N) is 1. The van der Waals surface area contributed by atoms with E-state index in [4.69, 9.17) is 4.74 Å². The van der Waals surface area contributed by atoms with E-state index < -0.39 is 15.1 Å². The van der Waals surface area contributed by atoms with Gasteiger partial charge in [-0.05, 0) is 26.5 Å². The summed E-state index contributed by atoms with van der Waals surface area (Å²) in [6.07, 6.45) is 1.27. The summed E-state index contributed by atoms with van der Waals surface area (Å²) in [5, 5.41) is 2.74. The van der Waals surface area contributed by atoms with Gasteiger partial charge in [0.15, 0.2) is 9.84 Å². The van der Waals surface area contributed by atoms with E-state index in [0.29, 0.717) is 13.2 Å². The molecule has 0 saturated carbocycles. The molecule has 5 heteroatoms. The SMILES string of the molecule is CCNC(c1ccccc1OCC)C(C)S(C)(=O)=O. The third-order valence-electron chi connectivity index (χ3n) is 3.12. The molecule has 0 radical (unpaired) electrons.